The molecule has 22 heavy (non-hydrogen) atoms. The maximum absolute atomic E-state index is 11.7. The second-order valence-electron chi connectivity index (χ2n) is 4.01. The normalized spacial score (nSPS) is 10.1. The molecule has 0 spiro atoms. The molecule has 0 saturated carbocycles. The lowest BCUT2D eigenvalue weighted by atomic mass is 10.0. The number of hydrogen-bond donors (Lipinski definition) is 0. The molecule has 2 rings (SSSR count). The van der Waals surface area contributed by atoms with E-state index in [1.54, 1.807) is 0 Å². The SMILES string of the molecule is COC(=O)c1cc([N+](=O)[O-])c(-c2nccnc2Cl)cc1OC. The molecule has 0 aliphatic carbocycles. The van der Waals surface area contributed by atoms with Crippen molar-refractivity contribution >= 4 is 23.3 Å². The van der Waals surface area contributed by atoms with Gasteiger partial charge in [0.15, 0.2) is 5.15 Å². The maximum atomic E-state index is 11.7. The molecule has 1 aromatic heterocycles. The maximum Gasteiger partial charge on any atom is 0.341 e. The predicted octanol–water partition coefficient (Wildman–Crippen LogP) is 2.50. The molecule has 2 aromatic rings. The first kappa shape index (κ1) is 15.6. The number of rotatable bonds is 4. The zero-order valence-electron chi connectivity index (χ0n) is 11.6. The number of ether oxygens (including phenoxy) is 2. The molecule has 0 radical (unpaired) electrons. The lowest BCUT2D eigenvalue weighted by Crippen LogP contribution is -2.06. The van der Waals surface area contributed by atoms with Gasteiger partial charge in [-0.25, -0.2) is 9.78 Å². The van der Waals surface area contributed by atoms with Crippen LogP contribution in [0, 0.1) is 10.1 Å². The van der Waals surface area contributed by atoms with E-state index in [2.05, 4.69) is 14.7 Å². The number of benzene rings is 1. The number of aromatic nitrogens is 2. The van der Waals surface area contributed by atoms with E-state index in [1.165, 1.54) is 32.7 Å². The van der Waals surface area contributed by atoms with Gasteiger partial charge in [0.05, 0.1) is 24.7 Å². The first-order valence-corrected chi connectivity index (χ1v) is 6.29. The zero-order chi connectivity index (χ0) is 16.3. The molecule has 1 heterocycles. The van der Waals surface area contributed by atoms with E-state index < -0.39 is 10.9 Å². The minimum absolute atomic E-state index is 0.00142. The summed E-state index contributed by atoms with van der Waals surface area (Å²) in [6.45, 7) is 0. The van der Waals surface area contributed by atoms with Crippen LogP contribution in [-0.2, 0) is 4.74 Å². The average Bonchev–Trinajstić information content (AvgIpc) is 2.53. The Labute approximate surface area is 129 Å². The van der Waals surface area contributed by atoms with Crippen LogP contribution in [-0.4, -0.2) is 35.1 Å². The van der Waals surface area contributed by atoms with Crippen molar-refractivity contribution in [2.75, 3.05) is 14.2 Å². The third-order valence-corrected chi connectivity index (χ3v) is 3.11. The standard InChI is InChI=1S/C13H10ClN3O5/c1-21-10-6-7(11-12(14)16-4-3-15-11)9(17(19)20)5-8(10)13(18)22-2/h3-6H,1-2H3. The molecule has 0 aliphatic rings. The van der Waals surface area contributed by atoms with Gasteiger partial charge in [0.1, 0.15) is 17.0 Å². The number of nitrogens with zero attached hydrogens (tertiary/aromatic N) is 3. The first-order valence-electron chi connectivity index (χ1n) is 5.91. The summed E-state index contributed by atoms with van der Waals surface area (Å²) in [6, 6.07) is 2.37. The third kappa shape index (κ3) is 2.82. The van der Waals surface area contributed by atoms with Crippen LogP contribution in [0.25, 0.3) is 11.3 Å². The van der Waals surface area contributed by atoms with Crippen molar-refractivity contribution in [2.45, 2.75) is 0 Å². The van der Waals surface area contributed by atoms with Crippen molar-refractivity contribution in [2.24, 2.45) is 0 Å². The number of halogens is 1. The summed E-state index contributed by atoms with van der Waals surface area (Å²) in [4.78, 5) is 30.2. The second-order valence-corrected chi connectivity index (χ2v) is 4.37. The monoisotopic (exact) mass is 323 g/mol. The molecule has 0 N–H and O–H groups in total. The third-order valence-electron chi connectivity index (χ3n) is 2.83. The Kier molecular flexibility index (Phi) is 4.52. The lowest BCUT2D eigenvalue weighted by molar-refractivity contribution is -0.384. The van der Waals surface area contributed by atoms with Gasteiger partial charge in [0, 0.05) is 18.5 Å². The molecule has 0 aliphatic heterocycles. The summed E-state index contributed by atoms with van der Waals surface area (Å²) in [6.07, 6.45) is 2.71. The number of carbonyl (C=O) groups excluding carboxylic acids is 1. The summed E-state index contributed by atoms with van der Waals surface area (Å²) >= 11 is 5.93. The Balaban J connectivity index is 2.76. The van der Waals surface area contributed by atoms with Crippen LogP contribution < -0.4 is 4.74 Å². The van der Waals surface area contributed by atoms with Gasteiger partial charge in [-0.2, -0.15) is 0 Å². The highest BCUT2D eigenvalue weighted by Gasteiger charge is 2.26. The Morgan fingerprint density at radius 2 is 1.95 bits per heavy atom. The van der Waals surface area contributed by atoms with Crippen LogP contribution in [0.1, 0.15) is 10.4 Å². The molecular weight excluding hydrogens is 314 g/mol. The molecule has 0 saturated heterocycles. The molecule has 1 aromatic carbocycles. The summed E-state index contributed by atoms with van der Waals surface area (Å²) in [5.74, 6) is -0.647. The highest BCUT2D eigenvalue weighted by atomic mass is 35.5. The highest BCUT2D eigenvalue weighted by Crippen LogP contribution is 2.37. The van der Waals surface area contributed by atoms with Crippen LogP contribution in [0.5, 0.6) is 5.75 Å². The van der Waals surface area contributed by atoms with Crippen molar-refractivity contribution in [3.05, 3.63) is 45.4 Å². The Hall–Kier alpha value is -2.74. The topological polar surface area (TPSA) is 104 Å². The molecule has 0 amide bonds. The van der Waals surface area contributed by atoms with Crippen LogP contribution >= 0.6 is 11.6 Å². The summed E-state index contributed by atoms with van der Waals surface area (Å²) in [7, 11) is 2.50. The fraction of sp³-hybridized carbons (Fsp3) is 0.154. The van der Waals surface area contributed by atoms with Crippen LogP contribution in [0.15, 0.2) is 24.5 Å². The molecule has 0 atom stereocenters. The number of nitro groups is 1. The smallest absolute Gasteiger partial charge is 0.341 e. The van der Waals surface area contributed by atoms with Gasteiger partial charge in [0.2, 0.25) is 0 Å². The fourth-order valence-electron chi connectivity index (χ4n) is 1.85. The largest absolute Gasteiger partial charge is 0.496 e. The number of esters is 1. The molecule has 8 nitrogen and oxygen atoms in total. The van der Waals surface area contributed by atoms with E-state index in [0.717, 1.165) is 6.07 Å². The van der Waals surface area contributed by atoms with Crippen LogP contribution in [0.2, 0.25) is 5.15 Å². The molecule has 0 unspecified atom stereocenters. The van der Waals surface area contributed by atoms with Gasteiger partial charge >= 0.3 is 5.97 Å². The molecule has 0 bridgehead atoms. The minimum Gasteiger partial charge on any atom is -0.496 e. The number of methoxy groups -OCH3 is 2. The van der Waals surface area contributed by atoms with E-state index in [9.17, 15) is 14.9 Å². The minimum atomic E-state index is -0.753. The Morgan fingerprint density at radius 1 is 1.27 bits per heavy atom. The van der Waals surface area contributed by atoms with E-state index in [4.69, 9.17) is 16.3 Å². The van der Waals surface area contributed by atoms with E-state index in [0.29, 0.717) is 0 Å². The number of nitro benzene ring substituents is 1. The molecule has 9 heteroatoms. The van der Waals surface area contributed by atoms with Crippen molar-refractivity contribution in [3.8, 4) is 17.0 Å². The van der Waals surface area contributed by atoms with Crippen LogP contribution in [0.4, 0.5) is 5.69 Å². The van der Waals surface area contributed by atoms with Crippen molar-refractivity contribution in [3.63, 3.8) is 0 Å². The second kappa shape index (κ2) is 6.35. The highest BCUT2D eigenvalue weighted by molar-refractivity contribution is 6.31. The van der Waals surface area contributed by atoms with Gasteiger partial charge < -0.3 is 9.47 Å². The van der Waals surface area contributed by atoms with Gasteiger partial charge in [-0.05, 0) is 6.07 Å². The molecule has 114 valence electrons. The summed E-state index contributed by atoms with van der Waals surface area (Å²) < 4.78 is 9.68. The summed E-state index contributed by atoms with van der Waals surface area (Å²) in [5.41, 5.74) is -0.220. The zero-order valence-corrected chi connectivity index (χ0v) is 12.3. The average molecular weight is 324 g/mol. The van der Waals surface area contributed by atoms with E-state index in [1.807, 2.05) is 0 Å². The number of hydrogen-bond acceptors (Lipinski definition) is 7. The van der Waals surface area contributed by atoms with Crippen molar-refractivity contribution < 1.29 is 19.2 Å². The van der Waals surface area contributed by atoms with Gasteiger partial charge in [-0.1, -0.05) is 11.6 Å². The quantitative estimate of drug-likeness (QED) is 0.483. The van der Waals surface area contributed by atoms with E-state index >= 15 is 0 Å². The summed E-state index contributed by atoms with van der Waals surface area (Å²) in [5, 5.41) is 11.3. The van der Waals surface area contributed by atoms with Gasteiger partial charge in [-0.3, -0.25) is 15.1 Å². The Morgan fingerprint density at radius 3 is 2.50 bits per heavy atom. The lowest BCUT2D eigenvalue weighted by Gasteiger charge is -2.10. The van der Waals surface area contributed by atoms with Crippen LogP contribution in [0.3, 0.4) is 0 Å². The van der Waals surface area contributed by atoms with E-state index in [-0.39, 0.29) is 33.4 Å². The molecule has 0 fully saturated rings. The van der Waals surface area contributed by atoms with Gasteiger partial charge in [0.25, 0.3) is 5.69 Å². The first-order chi connectivity index (χ1) is 10.5. The fourth-order valence-corrected chi connectivity index (χ4v) is 2.06. The Bertz CT molecular complexity index is 750. The van der Waals surface area contributed by atoms with Crippen molar-refractivity contribution in [1.29, 1.82) is 0 Å². The molecular formula is C13H10ClN3O5. The van der Waals surface area contributed by atoms with Gasteiger partial charge in [-0.15, -0.1) is 0 Å². The predicted molar refractivity (Wildman–Crippen MR) is 77.0 cm³/mol. The number of carbonyl (C=O) groups is 1. The van der Waals surface area contributed by atoms with Crippen molar-refractivity contribution in [1.82, 2.24) is 9.97 Å².